The molecule has 1 aromatic heterocycles. The van der Waals surface area contributed by atoms with Crippen molar-refractivity contribution >= 4 is 28.1 Å². The van der Waals surface area contributed by atoms with Crippen LogP contribution in [0.5, 0.6) is 0 Å². The third-order valence-electron chi connectivity index (χ3n) is 6.14. The molecule has 158 valence electrons. The fourth-order valence-electron chi connectivity index (χ4n) is 4.78. The molecular weight excluding hydrogens is 390 g/mol. The molecule has 1 heterocycles. The van der Waals surface area contributed by atoms with Crippen LogP contribution < -0.4 is 4.73 Å². The second kappa shape index (κ2) is 8.06. The number of ketones is 3. The Morgan fingerprint density at radius 3 is 2.35 bits per heavy atom. The molecule has 0 unspecified atom stereocenters. The summed E-state index contributed by atoms with van der Waals surface area (Å²) in [6.45, 7) is 3.84. The summed E-state index contributed by atoms with van der Waals surface area (Å²) in [4.78, 5) is 39.4. The number of carbonyl (C=O) groups is 3. The van der Waals surface area contributed by atoms with Gasteiger partial charge in [0.2, 0.25) is 5.78 Å². The Balaban J connectivity index is 1.81. The molecule has 0 saturated heterocycles. The fourth-order valence-corrected chi connectivity index (χ4v) is 4.78. The number of hydrogen-bond acceptors (Lipinski definition) is 4. The first-order chi connectivity index (χ1) is 14.8. The third kappa shape index (κ3) is 4.13. The number of Topliss-reactive ketones (excluding diaryl/α,β-unsaturated/α-hetero) is 3. The highest BCUT2D eigenvalue weighted by Crippen LogP contribution is 2.42. The molecule has 31 heavy (non-hydrogen) atoms. The van der Waals surface area contributed by atoms with Crippen LogP contribution in [-0.4, -0.2) is 17.3 Å². The average Bonchev–Trinajstić information content (AvgIpc) is 2.71. The highest BCUT2D eigenvalue weighted by Gasteiger charge is 2.45. The molecule has 0 bridgehead atoms. The maximum atomic E-state index is 13.2. The van der Waals surface area contributed by atoms with Crippen molar-refractivity contribution in [2.45, 2.75) is 39.0 Å². The van der Waals surface area contributed by atoms with Gasteiger partial charge < -0.3 is 5.21 Å². The van der Waals surface area contributed by atoms with Crippen LogP contribution in [0.4, 0.5) is 0 Å². The lowest BCUT2D eigenvalue weighted by molar-refractivity contribution is -0.607. The molecule has 0 aliphatic heterocycles. The smallest absolute Gasteiger partial charge is 0.259 e. The van der Waals surface area contributed by atoms with Crippen LogP contribution in [0.15, 0.2) is 66.9 Å². The topological polar surface area (TPSA) is 78.2 Å². The van der Waals surface area contributed by atoms with E-state index in [4.69, 9.17) is 0 Å². The van der Waals surface area contributed by atoms with Crippen LogP contribution in [-0.2, 0) is 9.59 Å². The van der Waals surface area contributed by atoms with Gasteiger partial charge in [0.25, 0.3) is 5.69 Å². The van der Waals surface area contributed by atoms with Gasteiger partial charge in [-0.1, -0.05) is 56.3 Å². The molecule has 3 aromatic rings. The highest BCUT2D eigenvalue weighted by atomic mass is 16.5. The van der Waals surface area contributed by atoms with E-state index < -0.39 is 11.8 Å². The average molecular weight is 415 g/mol. The number of aromatic nitrogens is 1. The van der Waals surface area contributed by atoms with E-state index in [0.717, 1.165) is 16.3 Å². The zero-order chi connectivity index (χ0) is 22.2. The van der Waals surface area contributed by atoms with Crippen molar-refractivity contribution in [3.8, 4) is 0 Å². The van der Waals surface area contributed by atoms with Crippen LogP contribution in [0, 0.1) is 16.5 Å². The molecule has 5 nitrogen and oxygen atoms in total. The number of benzene rings is 2. The Labute approximate surface area is 181 Å². The minimum Gasteiger partial charge on any atom is -0.618 e. The number of pyridine rings is 1. The lowest BCUT2D eigenvalue weighted by Gasteiger charge is -2.36. The van der Waals surface area contributed by atoms with Gasteiger partial charge in [-0.15, -0.1) is 0 Å². The Bertz CT molecular complexity index is 1160. The molecule has 0 N–H and O–H groups in total. The van der Waals surface area contributed by atoms with Gasteiger partial charge in [0.1, 0.15) is 11.6 Å². The van der Waals surface area contributed by atoms with Gasteiger partial charge in [-0.3, -0.25) is 14.4 Å². The SMILES string of the molecule is CC1(C)CC(=O)C([C@H](CC(=O)c2cccc[n+]2[O-])c2cccc3ccccc23)C(=O)C1. The Morgan fingerprint density at radius 2 is 1.65 bits per heavy atom. The third-order valence-corrected chi connectivity index (χ3v) is 6.14. The summed E-state index contributed by atoms with van der Waals surface area (Å²) in [5.74, 6) is -2.13. The maximum Gasteiger partial charge on any atom is 0.259 e. The van der Waals surface area contributed by atoms with E-state index in [9.17, 15) is 19.6 Å². The van der Waals surface area contributed by atoms with Gasteiger partial charge in [-0.05, 0) is 27.8 Å². The van der Waals surface area contributed by atoms with Crippen molar-refractivity contribution in [1.82, 2.24) is 0 Å². The summed E-state index contributed by atoms with van der Waals surface area (Å²) in [5, 5.41) is 14.0. The summed E-state index contributed by atoms with van der Waals surface area (Å²) in [7, 11) is 0. The fraction of sp³-hybridized carbons (Fsp3) is 0.308. The molecule has 1 aliphatic rings. The first-order valence-electron chi connectivity index (χ1n) is 10.5. The van der Waals surface area contributed by atoms with Gasteiger partial charge in [-0.25, -0.2) is 0 Å². The predicted octanol–water partition coefficient (Wildman–Crippen LogP) is 4.40. The summed E-state index contributed by atoms with van der Waals surface area (Å²) in [6, 6.07) is 18.1. The van der Waals surface area contributed by atoms with Crippen LogP contribution in [0.1, 0.15) is 55.1 Å². The molecule has 5 heteroatoms. The first kappa shape index (κ1) is 20.9. The first-order valence-corrected chi connectivity index (χ1v) is 10.5. The molecular formula is C26H25NO4. The molecule has 1 aliphatic carbocycles. The van der Waals surface area contributed by atoms with Crippen molar-refractivity contribution in [1.29, 1.82) is 0 Å². The predicted molar refractivity (Wildman–Crippen MR) is 118 cm³/mol. The van der Waals surface area contributed by atoms with Gasteiger partial charge in [0, 0.05) is 37.3 Å². The maximum absolute atomic E-state index is 13.2. The Kier molecular flexibility index (Phi) is 5.44. The van der Waals surface area contributed by atoms with Crippen LogP contribution in [0.3, 0.4) is 0 Å². The zero-order valence-corrected chi connectivity index (χ0v) is 17.7. The lowest BCUT2D eigenvalue weighted by atomic mass is 9.65. The van der Waals surface area contributed by atoms with E-state index in [1.165, 1.54) is 12.3 Å². The van der Waals surface area contributed by atoms with Crippen molar-refractivity contribution in [3.63, 3.8) is 0 Å². The number of rotatable bonds is 5. The summed E-state index contributed by atoms with van der Waals surface area (Å²) in [6.07, 6.45) is 1.79. The molecule has 0 amide bonds. The van der Waals surface area contributed by atoms with E-state index in [1.54, 1.807) is 12.1 Å². The molecule has 4 rings (SSSR count). The van der Waals surface area contributed by atoms with Crippen molar-refractivity contribution in [3.05, 3.63) is 83.3 Å². The summed E-state index contributed by atoms with van der Waals surface area (Å²) >= 11 is 0. The Hall–Kier alpha value is -3.34. The molecule has 1 fully saturated rings. The van der Waals surface area contributed by atoms with E-state index in [1.807, 2.05) is 56.3 Å². The second-order valence-corrected chi connectivity index (χ2v) is 9.14. The quantitative estimate of drug-likeness (QED) is 0.268. The van der Waals surface area contributed by atoms with Crippen molar-refractivity contribution in [2.75, 3.05) is 0 Å². The van der Waals surface area contributed by atoms with Crippen molar-refractivity contribution in [2.24, 2.45) is 11.3 Å². The summed E-state index contributed by atoms with van der Waals surface area (Å²) < 4.78 is 0.538. The minimum atomic E-state index is -0.883. The molecule has 1 atom stereocenters. The van der Waals surface area contributed by atoms with Gasteiger partial charge in [0.15, 0.2) is 6.20 Å². The number of nitrogens with zero attached hydrogens (tertiary/aromatic N) is 1. The molecule has 1 saturated carbocycles. The second-order valence-electron chi connectivity index (χ2n) is 9.14. The number of hydrogen-bond donors (Lipinski definition) is 0. The molecule has 2 aromatic carbocycles. The zero-order valence-electron chi connectivity index (χ0n) is 17.7. The van der Waals surface area contributed by atoms with Gasteiger partial charge in [-0.2, -0.15) is 4.73 Å². The van der Waals surface area contributed by atoms with Crippen LogP contribution in [0.2, 0.25) is 0 Å². The number of carbonyl (C=O) groups excluding carboxylic acids is 3. The van der Waals surface area contributed by atoms with E-state index in [2.05, 4.69) is 0 Å². The lowest BCUT2D eigenvalue weighted by Crippen LogP contribution is -2.42. The van der Waals surface area contributed by atoms with E-state index in [0.29, 0.717) is 17.6 Å². The standard InChI is InChI=1S/C26H25NO4/c1-26(2)15-23(29)25(24(30)16-26)20(14-22(28)21-12-5-6-13-27(21)31)19-11-7-9-17-8-3-4-10-18(17)19/h3-13,20,25H,14-16H2,1-2H3/t20-/m1/s1. The van der Waals surface area contributed by atoms with Gasteiger partial charge >= 0.3 is 0 Å². The normalized spacial score (nSPS) is 17.6. The number of fused-ring (bicyclic) bond motifs is 1. The van der Waals surface area contributed by atoms with Crippen molar-refractivity contribution < 1.29 is 19.1 Å². The van der Waals surface area contributed by atoms with E-state index >= 15 is 0 Å². The molecule has 0 spiro atoms. The Morgan fingerprint density at radius 1 is 1.00 bits per heavy atom. The molecule has 0 radical (unpaired) electrons. The summed E-state index contributed by atoms with van der Waals surface area (Å²) in [5.41, 5.74) is 0.435. The van der Waals surface area contributed by atoms with Crippen LogP contribution >= 0.6 is 0 Å². The minimum absolute atomic E-state index is 0.0174. The van der Waals surface area contributed by atoms with Crippen LogP contribution in [0.25, 0.3) is 10.8 Å². The van der Waals surface area contributed by atoms with Gasteiger partial charge in [0.05, 0.1) is 5.92 Å². The largest absolute Gasteiger partial charge is 0.618 e. The highest BCUT2D eigenvalue weighted by molar-refractivity contribution is 6.07. The monoisotopic (exact) mass is 415 g/mol. The van der Waals surface area contributed by atoms with E-state index in [-0.39, 0.29) is 34.9 Å².